The van der Waals surface area contributed by atoms with E-state index in [4.69, 9.17) is 4.99 Å². The van der Waals surface area contributed by atoms with Gasteiger partial charge in [0.1, 0.15) is 5.82 Å². The minimum Gasteiger partial charge on any atom is -0.357 e. The zero-order valence-electron chi connectivity index (χ0n) is 14.6. The standard InChI is InChI=1S/C18H26FN5/c1-4-20-18(21-12-15(2)13-24-11-5-10-22-24)23(3)14-16-6-8-17(19)9-7-16/h5-11,15H,4,12-14H2,1-3H3,(H,20,21). The summed E-state index contributed by atoms with van der Waals surface area (Å²) in [7, 11) is 1.99. The molecule has 0 spiro atoms. The fourth-order valence-electron chi connectivity index (χ4n) is 2.44. The van der Waals surface area contributed by atoms with Gasteiger partial charge in [-0.1, -0.05) is 19.1 Å². The number of aromatic nitrogens is 2. The van der Waals surface area contributed by atoms with Crippen LogP contribution in [0.25, 0.3) is 0 Å². The molecule has 1 unspecified atom stereocenters. The molecule has 24 heavy (non-hydrogen) atoms. The first-order chi connectivity index (χ1) is 11.6. The molecule has 0 radical (unpaired) electrons. The zero-order chi connectivity index (χ0) is 17.4. The van der Waals surface area contributed by atoms with Crippen molar-refractivity contribution in [2.75, 3.05) is 20.1 Å². The zero-order valence-corrected chi connectivity index (χ0v) is 14.6. The summed E-state index contributed by atoms with van der Waals surface area (Å²) in [4.78, 5) is 6.78. The number of rotatable bonds is 7. The lowest BCUT2D eigenvalue weighted by atomic mass is 10.2. The Morgan fingerprint density at radius 1 is 1.38 bits per heavy atom. The first-order valence-electron chi connectivity index (χ1n) is 8.29. The van der Waals surface area contributed by atoms with Gasteiger partial charge in [-0.15, -0.1) is 0 Å². The Morgan fingerprint density at radius 3 is 2.75 bits per heavy atom. The van der Waals surface area contributed by atoms with Crippen LogP contribution >= 0.6 is 0 Å². The van der Waals surface area contributed by atoms with Gasteiger partial charge in [0, 0.05) is 45.6 Å². The predicted octanol–water partition coefficient (Wildman–Crippen LogP) is 2.76. The molecular formula is C18H26FN5. The third-order valence-corrected chi connectivity index (χ3v) is 3.64. The Kier molecular flexibility index (Phi) is 6.78. The Bertz CT molecular complexity index is 621. The molecule has 1 heterocycles. The van der Waals surface area contributed by atoms with Crippen molar-refractivity contribution in [3.8, 4) is 0 Å². The van der Waals surface area contributed by atoms with Crippen LogP contribution in [0.5, 0.6) is 0 Å². The van der Waals surface area contributed by atoms with Crippen LogP contribution in [0.2, 0.25) is 0 Å². The SMILES string of the molecule is CCNC(=NCC(C)Cn1cccn1)N(C)Cc1ccc(F)cc1. The molecule has 2 aromatic rings. The van der Waals surface area contributed by atoms with Crippen LogP contribution in [-0.2, 0) is 13.1 Å². The number of aliphatic imine (C=N–C) groups is 1. The van der Waals surface area contributed by atoms with E-state index >= 15 is 0 Å². The number of benzene rings is 1. The first kappa shape index (κ1) is 18.0. The molecule has 5 nitrogen and oxygen atoms in total. The normalized spacial score (nSPS) is 12.9. The van der Waals surface area contributed by atoms with E-state index in [1.165, 1.54) is 12.1 Å². The second-order valence-electron chi connectivity index (χ2n) is 6.01. The molecule has 0 saturated carbocycles. The van der Waals surface area contributed by atoms with E-state index in [0.29, 0.717) is 12.5 Å². The second kappa shape index (κ2) is 9.05. The molecule has 6 heteroatoms. The fraction of sp³-hybridized carbons (Fsp3) is 0.444. The third-order valence-electron chi connectivity index (χ3n) is 3.64. The molecule has 0 fully saturated rings. The van der Waals surface area contributed by atoms with Gasteiger partial charge in [-0.05, 0) is 36.6 Å². The Balaban J connectivity index is 1.94. The summed E-state index contributed by atoms with van der Waals surface area (Å²) in [5.74, 6) is 1.03. The van der Waals surface area contributed by atoms with E-state index in [0.717, 1.165) is 31.2 Å². The maximum Gasteiger partial charge on any atom is 0.193 e. The lowest BCUT2D eigenvalue weighted by Crippen LogP contribution is -2.38. The highest BCUT2D eigenvalue weighted by atomic mass is 19.1. The molecule has 1 aromatic heterocycles. The van der Waals surface area contributed by atoms with Crippen molar-refractivity contribution in [3.05, 3.63) is 54.1 Å². The highest BCUT2D eigenvalue weighted by molar-refractivity contribution is 5.79. The van der Waals surface area contributed by atoms with Crippen molar-refractivity contribution in [1.29, 1.82) is 0 Å². The van der Waals surface area contributed by atoms with Gasteiger partial charge in [0.25, 0.3) is 0 Å². The second-order valence-corrected chi connectivity index (χ2v) is 6.01. The third kappa shape index (κ3) is 5.68. The van der Waals surface area contributed by atoms with Crippen LogP contribution in [-0.4, -0.2) is 40.8 Å². The van der Waals surface area contributed by atoms with Crippen LogP contribution in [0.4, 0.5) is 4.39 Å². The van der Waals surface area contributed by atoms with E-state index in [1.54, 1.807) is 18.3 Å². The summed E-state index contributed by atoms with van der Waals surface area (Å²) in [6, 6.07) is 8.50. The monoisotopic (exact) mass is 331 g/mol. The highest BCUT2D eigenvalue weighted by Crippen LogP contribution is 2.07. The van der Waals surface area contributed by atoms with Gasteiger partial charge >= 0.3 is 0 Å². The molecule has 1 N–H and O–H groups in total. The van der Waals surface area contributed by atoms with Gasteiger partial charge in [0.15, 0.2) is 5.96 Å². The van der Waals surface area contributed by atoms with Crippen molar-refractivity contribution < 1.29 is 4.39 Å². The molecule has 0 aliphatic carbocycles. The molecule has 130 valence electrons. The number of halogens is 1. The van der Waals surface area contributed by atoms with E-state index in [2.05, 4.69) is 29.2 Å². The van der Waals surface area contributed by atoms with Crippen LogP contribution in [0, 0.1) is 11.7 Å². The Hall–Kier alpha value is -2.37. The fourth-order valence-corrected chi connectivity index (χ4v) is 2.44. The number of hydrogen-bond acceptors (Lipinski definition) is 2. The molecule has 0 bridgehead atoms. The van der Waals surface area contributed by atoms with Crippen molar-refractivity contribution in [3.63, 3.8) is 0 Å². The highest BCUT2D eigenvalue weighted by Gasteiger charge is 2.09. The van der Waals surface area contributed by atoms with Gasteiger partial charge in [-0.2, -0.15) is 5.10 Å². The quantitative estimate of drug-likeness (QED) is 0.627. The molecular weight excluding hydrogens is 305 g/mol. The summed E-state index contributed by atoms with van der Waals surface area (Å²) < 4.78 is 14.9. The smallest absolute Gasteiger partial charge is 0.193 e. The largest absolute Gasteiger partial charge is 0.357 e. The van der Waals surface area contributed by atoms with Gasteiger partial charge in [0.2, 0.25) is 0 Å². The van der Waals surface area contributed by atoms with E-state index in [9.17, 15) is 4.39 Å². The molecule has 0 saturated heterocycles. The molecule has 0 aliphatic heterocycles. The lowest BCUT2D eigenvalue weighted by Gasteiger charge is -2.23. The summed E-state index contributed by atoms with van der Waals surface area (Å²) in [6.45, 7) is 7.26. The average molecular weight is 331 g/mol. The van der Waals surface area contributed by atoms with Crippen molar-refractivity contribution >= 4 is 5.96 Å². The van der Waals surface area contributed by atoms with Crippen LogP contribution in [0.3, 0.4) is 0 Å². The van der Waals surface area contributed by atoms with Gasteiger partial charge in [-0.25, -0.2) is 4.39 Å². The van der Waals surface area contributed by atoms with Crippen LogP contribution < -0.4 is 5.32 Å². The number of hydrogen-bond donors (Lipinski definition) is 1. The average Bonchev–Trinajstić information content (AvgIpc) is 3.06. The number of nitrogens with one attached hydrogen (secondary N) is 1. The summed E-state index contributed by atoms with van der Waals surface area (Å²) in [5.41, 5.74) is 1.05. The summed E-state index contributed by atoms with van der Waals surface area (Å²) >= 11 is 0. The van der Waals surface area contributed by atoms with Crippen molar-refractivity contribution in [2.45, 2.75) is 26.9 Å². The van der Waals surface area contributed by atoms with Crippen molar-refractivity contribution in [1.82, 2.24) is 20.0 Å². The molecule has 2 rings (SSSR count). The van der Waals surface area contributed by atoms with Gasteiger partial charge < -0.3 is 10.2 Å². The maximum atomic E-state index is 13.0. The van der Waals surface area contributed by atoms with Gasteiger partial charge in [-0.3, -0.25) is 9.67 Å². The van der Waals surface area contributed by atoms with Crippen LogP contribution in [0.1, 0.15) is 19.4 Å². The molecule has 0 aliphatic rings. The minimum absolute atomic E-state index is 0.213. The van der Waals surface area contributed by atoms with E-state index < -0.39 is 0 Å². The topological polar surface area (TPSA) is 45.5 Å². The van der Waals surface area contributed by atoms with Crippen LogP contribution in [0.15, 0.2) is 47.7 Å². The summed E-state index contributed by atoms with van der Waals surface area (Å²) in [5, 5.41) is 7.54. The van der Waals surface area contributed by atoms with E-state index in [-0.39, 0.29) is 5.82 Å². The van der Waals surface area contributed by atoms with Crippen molar-refractivity contribution in [2.24, 2.45) is 10.9 Å². The molecule has 1 aromatic carbocycles. The minimum atomic E-state index is -0.213. The summed E-state index contributed by atoms with van der Waals surface area (Å²) in [6.07, 6.45) is 3.75. The number of nitrogens with zero attached hydrogens (tertiary/aromatic N) is 4. The maximum absolute atomic E-state index is 13.0. The molecule has 1 atom stereocenters. The molecule has 0 amide bonds. The Labute approximate surface area is 143 Å². The Morgan fingerprint density at radius 2 is 2.12 bits per heavy atom. The number of guanidine groups is 1. The van der Waals surface area contributed by atoms with Gasteiger partial charge in [0.05, 0.1) is 0 Å². The first-order valence-corrected chi connectivity index (χ1v) is 8.29. The predicted molar refractivity (Wildman–Crippen MR) is 95.2 cm³/mol. The van der Waals surface area contributed by atoms with E-state index in [1.807, 2.05) is 24.0 Å². The lowest BCUT2D eigenvalue weighted by molar-refractivity contribution is 0.444.